The number of halogens is 1. The van der Waals surface area contributed by atoms with Gasteiger partial charge in [-0.1, -0.05) is 0 Å². The first-order chi connectivity index (χ1) is 6.97. The molecule has 0 aliphatic rings. The van der Waals surface area contributed by atoms with Gasteiger partial charge in [0.1, 0.15) is 23.4 Å². The van der Waals surface area contributed by atoms with Crippen LogP contribution in [-0.2, 0) is 0 Å². The molecule has 0 fully saturated rings. The van der Waals surface area contributed by atoms with Crippen LogP contribution in [0.2, 0.25) is 0 Å². The second-order valence-electron chi connectivity index (χ2n) is 3.06. The third kappa shape index (κ3) is 2.44. The van der Waals surface area contributed by atoms with Gasteiger partial charge in [0.25, 0.3) is 0 Å². The Balaban J connectivity index is 3.13. The van der Waals surface area contributed by atoms with E-state index in [1.807, 2.05) is 0 Å². The maximum atomic E-state index is 9.51. The zero-order chi connectivity index (χ0) is 11.6. The van der Waals surface area contributed by atoms with Crippen molar-refractivity contribution in [3.8, 4) is 17.2 Å². The van der Waals surface area contributed by atoms with E-state index in [0.717, 1.165) is 12.1 Å². The summed E-state index contributed by atoms with van der Waals surface area (Å²) in [4.78, 5) is 0. The molecule has 2 atom stereocenters. The van der Waals surface area contributed by atoms with E-state index < -0.39 is 23.7 Å². The number of aromatic hydroxyl groups is 3. The molecule has 15 heavy (non-hydrogen) atoms. The topological polar surface area (TPSA) is 101 Å². The summed E-state index contributed by atoms with van der Waals surface area (Å²) in [6, 6.07) is 1.89. The molecule has 0 bridgehead atoms. The van der Waals surface area contributed by atoms with Crippen LogP contribution < -0.4 is 0 Å². The van der Waals surface area contributed by atoms with Gasteiger partial charge >= 0.3 is 0 Å². The average Bonchev–Trinajstić information content (AvgIpc) is 2.14. The predicted octanol–water partition coefficient (Wildman–Crippen LogP) is 0.436. The zero-order valence-corrected chi connectivity index (χ0v) is 8.39. The zero-order valence-electron chi connectivity index (χ0n) is 7.63. The molecule has 0 aromatic heterocycles. The molecule has 84 valence electrons. The SMILES string of the molecule is Oc1cc(O)c(C(O)C(O)CCl)c(O)c1. The largest absolute Gasteiger partial charge is 0.508 e. The van der Waals surface area contributed by atoms with Crippen molar-refractivity contribution in [1.29, 1.82) is 0 Å². The molecule has 0 saturated heterocycles. The van der Waals surface area contributed by atoms with Crippen LogP contribution in [-0.4, -0.2) is 37.5 Å². The van der Waals surface area contributed by atoms with Gasteiger partial charge in [-0.2, -0.15) is 0 Å². The molecular weight excluding hydrogens is 224 g/mol. The molecule has 0 amide bonds. The molecule has 0 aliphatic heterocycles. The number of hydrogen-bond donors (Lipinski definition) is 5. The molecule has 0 spiro atoms. The molecule has 2 unspecified atom stereocenters. The van der Waals surface area contributed by atoms with Crippen molar-refractivity contribution in [1.82, 2.24) is 0 Å². The minimum absolute atomic E-state index is 0.249. The number of hydrogen-bond acceptors (Lipinski definition) is 5. The van der Waals surface area contributed by atoms with Crippen LogP contribution >= 0.6 is 11.6 Å². The number of benzene rings is 1. The van der Waals surface area contributed by atoms with Gasteiger partial charge in [0.05, 0.1) is 17.5 Å². The van der Waals surface area contributed by atoms with Gasteiger partial charge in [0, 0.05) is 12.1 Å². The van der Waals surface area contributed by atoms with E-state index >= 15 is 0 Å². The summed E-state index contributed by atoms with van der Waals surface area (Å²) >= 11 is 5.31. The lowest BCUT2D eigenvalue weighted by molar-refractivity contribution is 0.0297. The highest BCUT2D eigenvalue weighted by Gasteiger charge is 2.24. The average molecular weight is 235 g/mol. The molecule has 1 aromatic carbocycles. The Bertz CT molecular complexity index is 331. The minimum Gasteiger partial charge on any atom is -0.508 e. The number of aliphatic hydroxyl groups is 2. The van der Waals surface area contributed by atoms with Crippen molar-refractivity contribution < 1.29 is 25.5 Å². The Kier molecular flexibility index (Phi) is 3.62. The van der Waals surface area contributed by atoms with Crippen molar-refractivity contribution >= 4 is 11.6 Å². The van der Waals surface area contributed by atoms with Crippen LogP contribution in [0.4, 0.5) is 0 Å². The second kappa shape index (κ2) is 4.57. The van der Waals surface area contributed by atoms with E-state index in [9.17, 15) is 20.4 Å². The Hall–Kier alpha value is -1.17. The van der Waals surface area contributed by atoms with E-state index in [-0.39, 0.29) is 17.2 Å². The predicted molar refractivity (Wildman–Crippen MR) is 53.1 cm³/mol. The van der Waals surface area contributed by atoms with Crippen LogP contribution in [0, 0.1) is 0 Å². The van der Waals surface area contributed by atoms with Gasteiger partial charge in [-0.15, -0.1) is 11.6 Å². The van der Waals surface area contributed by atoms with Crippen LogP contribution in [0.25, 0.3) is 0 Å². The molecule has 5 nitrogen and oxygen atoms in total. The first-order valence-corrected chi connectivity index (χ1v) is 4.67. The van der Waals surface area contributed by atoms with Crippen molar-refractivity contribution in [2.24, 2.45) is 0 Å². The molecule has 5 N–H and O–H groups in total. The van der Waals surface area contributed by atoms with Crippen molar-refractivity contribution in [2.45, 2.75) is 12.2 Å². The van der Waals surface area contributed by atoms with Crippen LogP contribution in [0.15, 0.2) is 12.1 Å². The van der Waals surface area contributed by atoms with Gasteiger partial charge in [-0.3, -0.25) is 0 Å². The standard InChI is InChI=1S/C9H11ClO5/c10-3-7(14)9(15)8-5(12)1-4(11)2-6(8)13/h1-2,7,9,11-15H,3H2. The Morgan fingerprint density at radius 3 is 1.93 bits per heavy atom. The van der Waals surface area contributed by atoms with Crippen LogP contribution in [0.5, 0.6) is 17.2 Å². The van der Waals surface area contributed by atoms with Crippen LogP contribution in [0.1, 0.15) is 11.7 Å². The fourth-order valence-electron chi connectivity index (χ4n) is 1.19. The van der Waals surface area contributed by atoms with Gasteiger partial charge in [0.2, 0.25) is 0 Å². The third-order valence-corrected chi connectivity index (χ3v) is 2.26. The van der Waals surface area contributed by atoms with E-state index in [0.29, 0.717) is 0 Å². The Morgan fingerprint density at radius 1 is 1.07 bits per heavy atom. The lowest BCUT2D eigenvalue weighted by Gasteiger charge is -2.18. The summed E-state index contributed by atoms with van der Waals surface area (Å²) < 4.78 is 0. The van der Waals surface area contributed by atoms with Crippen LogP contribution in [0.3, 0.4) is 0 Å². The molecular formula is C9H11ClO5. The van der Waals surface area contributed by atoms with Crippen molar-refractivity contribution in [3.63, 3.8) is 0 Å². The number of aliphatic hydroxyl groups excluding tert-OH is 2. The maximum Gasteiger partial charge on any atom is 0.128 e. The van der Waals surface area contributed by atoms with E-state index in [1.165, 1.54) is 0 Å². The summed E-state index contributed by atoms with van der Waals surface area (Å²) in [5.41, 5.74) is -0.263. The maximum absolute atomic E-state index is 9.51. The summed E-state index contributed by atoms with van der Waals surface area (Å²) in [5.74, 6) is -1.62. The highest BCUT2D eigenvalue weighted by atomic mass is 35.5. The van der Waals surface area contributed by atoms with Gasteiger partial charge < -0.3 is 25.5 Å². The number of phenols is 3. The molecule has 1 rings (SSSR count). The van der Waals surface area contributed by atoms with Gasteiger partial charge in [-0.05, 0) is 0 Å². The molecule has 0 aliphatic carbocycles. The van der Waals surface area contributed by atoms with Gasteiger partial charge in [-0.25, -0.2) is 0 Å². The normalized spacial score (nSPS) is 14.9. The second-order valence-corrected chi connectivity index (χ2v) is 3.37. The quantitative estimate of drug-likeness (QED) is 0.489. The monoisotopic (exact) mass is 234 g/mol. The summed E-state index contributed by atoms with van der Waals surface area (Å²) in [7, 11) is 0. The lowest BCUT2D eigenvalue weighted by atomic mass is 10.0. The van der Waals surface area contributed by atoms with E-state index in [4.69, 9.17) is 16.7 Å². The van der Waals surface area contributed by atoms with E-state index in [1.54, 1.807) is 0 Å². The summed E-state index contributed by atoms with van der Waals surface area (Å²) in [6.07, 6.45) is -2.82. The van der Waals surface area contributed by atoms with E-state index in [2.05, 4.69) is 0 Å². The number of phenolic OH excluding ortho intramolecular Hbond substituents is 3. The molecule has 0 radical (unpaired) electrons. The van der Waals surface area contributed by atoms with Gasteiger partial charge in [0.15, 0.2) is 0 Å². The smallest absolute Gasteiger partial charge is 0.128 e. The highest BCUT2D eigenvalue weighted by molar-refractivity contribution is 6.18. The summed E-state index contributed by atoms with van der Waals surface area (Å²) in [6.45, 7) is 0. The molecule has 1 aromatic rings. The lowest BCUT2D eigenvalue weighted by Crippen LogP contribution is -2.19. The highest BCUT2D eigenvalue weighted by Crippen LogP contribution is 2.37. The number of alkyl halides is 1. The van der Waals surface area contributed by atoms with Crippen molar-refractivity contribution in [3.05, 3.63) is 17.7 Å². The Morgan fingerprint density at radius 2 is 1.53 bits per heavy atom. The molecule has 0 heterocycles. The first-order valence-electron chi connectivity index (χ1n) is 4.14. The van der Waals surface area contributed by atoms with Crippen molar-refractivity contribution in [2.75, 3.05) is 5.88 Å². The third-order valence-electron chi connectivity index (χ3n) is 1.94. The molecule has 0 saturated carbocycles. The first kappa shape index (κ1) is 11.9. The Labute approximate surface area is 90.8 Å². The molecule has 6 heteroatoms. The fraction of sp³-hybridized carbons (Fsp3) is 0.333. The number of rotatable bonds is 3. The fourth-order valence-corrected chi connectivity index (χ4v) is 1.36. The summed E-state index contributed by atoms with van der Waals surface area (Å²) in [5, 5.41) is 46.4. The minimum atomic E-state index is -1.51.